The standard InChI is InChI=1S/C16H21N3O/c1-12-13(10-17)9-14(20-12)11-19-8-7-18(2)15-5-3-4-6-16(15)19/h3-6,9H,7-8,10-11,17H2,1-2H3. The third-order valence-electron chi connectivity index (χ3n) is 3.98. The molecular weight excluding hydrogens is 250 g/mol. The number of rotatable bonds is 3. The number of fused-ring (bicyclic) bond motifs is 1. The topological polar surface area (TPSA) is 45.6 Å². The van der Waals surface area contributed by atoms with Gasteiger partial charge in [0.25, 0.3) is 0 Å². The van der Waals surface area contributed by atoms with Crippen LogP contribution in [0.2, 0.25) is 0 Å². The normalized spacial score (nSPS) is 14.6. The molecule has 0 radical (unpaired) electrons. The summed E-state index contributed by atoms with van der Waals surface area (Å²) in [5.74, 6) is 1.92. The molecule has 2 heterocycles. The highest BCUT2D eigenvalue weighted by molar-refractivity contribution is 5.73. The van der Waals surface area contributed by atoms with E-state index in [1.54, 1.807) is 0 Å². The minimum Gasteiger partial charge on any atom is -0.464 e. The molecule has 3 rings (SSSR count). The number of nitrogens with two attached hydrogens (primary N) is 1. The van der Waals surface area contributed by atoms with Crippen LogP contribution in [0.25, 0.3) is 0 Å². The van der Waals surface area contributed by atoms with Crippen molar-refractivity contribution in [1.82, 2.24) is 0 Å². The molecule has 0 amide bonds. The Morgan fingerprint density at radius 2 is 1.95 bits per heavy atom. The van der Waals surface area contributed by atoms with Crippen molar-refractivity contribution in [2.75, 3.05) is 29.9 Å². The summed E-state index contributed by atoms with van der Waals surface area (Å²) in [7, 11) is 2.14. The zero-order chi connectivity index (χ0) is 14.1. The van der Waals surface area contributed by atoms with Gasteiger partial charge in [0.2, 0.25) is 0 Å². The van der Waals surface area contributed by atoms with E-state index in [1.807, 2.05) is 6.92 Å². The molecule has 0 fully saturated rings. The molecular formula is C16H21N3O. The van der Waals surface area contributed by atoms with Crippen LogP contribution in [0.4, 0.5) is 11.4 Å². The minimum absolute atomic E-state index is 0.536. The van der Waals surface area contributed by atoms with Crippen LogP contribution in [0.15, 0.2) is 34.7 Å². The lowest BCUT2D eigenvalue weighted by molar-refractivity contribution is 0.474. The average molecular weight is 271 g/mol. The second-order valence-electron chi connectivity index (χ2n) is 5.33. The fourth-order valence-corrected chi connectivity index (χ4v) is 2.79. The number of furan rings is 1. The maximum absolute atomic E-state index is 5.81. The Balaban J connectivity index is 1.86. The Morgan fingerprint density at radius 1 is 1.20 bits per heavy atom. The van der Waals surface area contributed by atoms with Crippen LogP contribution < -0.4 is 15.5 Å². The van der Waals surface area contributed by atoms with Crippen molar-refractivity contribution in [1.29, 1.82) is 0 Å². The monoisotopic (exact) mass is 271 g/mol. The van der Waals surface area contributed by atoms with Gasteiger partial charge in [-0.3, -0.25) is 0 Å². The summed E-state index contributed by atoms with van der Waals surface area (Å²) >= 11 is 0. The van der Waals surface area contributed by atoms with Gasteiger partial charge in [0.15, 0.2) is 0 Å². The Morgan fingerprint density at radius 3 is 2.65 bits per heavy atom. The van der Waals surface area contributed by atoms with Crippen molar-refractivity contribution < 1.29 is 4.42 Å². The summed E-state index contributed by atoms with van der Waals surface area (Å²) in [6, 6.07) is 10.6. The molecule has 0 unspecified atom stereocenters. The maximum atomic E-state index is 5.81. The zero-order valence-corrected chi connectivity index (χ0v) is 12.1. The first-order valence-corrected chi connectivity index (χ1v) is 7.02. The predicted molar refractivity (Wildman–Crippen MR) is 82.1 cm³/mol. The molecule has 0 atom stereocenters. The van der Waals surface area contributed by atoms with Gasteiger partial charge in [-0.05, 0) is 25.1 Å². The molecule has 1 aliphatic heterocycles. The number of anilines is 2. The van der Waals surface area contributed by atoms with Gasteiger partial charge in [0.1, 0.15) is 11.5 Å². The van der Waals surface area contributed by atoms with Crippen LogP contribution in [-0.4, -0.2) is 20.1 Å². The quantitative estimate of drug-likeness (QED) is 0.931. The summed E-state index contributed by atoms with van der Waals surface area (Å²) in [5, 5.41) is 0. The van der Waals surface area contributed by atoms with Gasteiger partial charge < -0.3 is 20.0 Å². The number of aryl methyl sites for hydroxylation is 1. The molecule has 0 saturated heterocycles. The largest absolute Gasteiger partial charge is 0.464 e. The third kappa shape index (κ3) is 2.27. The third-order valence-corrected chi connectivity index (χ3v) is 3.98. The molecule has 1 aliphatic rings. The fraction of sp³-hybridized carbons (Fsp3) is 0.375. The summed E-state index contributed by atoms with van der Waals surface area (Å²) < 4.78 is 5.81. The molecule has 1 aromatic carbocycles. The first-order valence-electron chi connectivity index (χ1n) is 7.02. The van der Waals surface area contributed by atoms with E-state index in [4.69, 9.17) is 10.2 Å². The smallest absolute Gasteiger partial charge is 0.123 e. The van der Waals surface area contributed by atoms with E-state index < -0.39 is 0 Å². The minimum atomic E-state index is 0.536. The van der Waals surface area contributed by atoms with E-state index in [-0.39, 0.29) is 0 Å². The van der Waals surface area contributed by atoms with Gasteiger partial charge in [-0.2, -0.15) is 0 Å². The van der Waals surface area contributed by atoms with Crippen LogP contribution in [-0.2, 0) is 13.1 Å². The SMILES string of the molecule is Cc1oc(CN2CCN(C)c3ccccc32)cc1CN. The molecule has 1 aromatic heterocycles. The fourth-order valence-electron chi connectivity index (χ4n) is 2.79. The van der Waals surface area contributed by atoms with E-state index >= 15 is 0 Å². The molecule has 2 N–H and O–H groups in total. The summed E-state index contributed by atoms with van der Waals surface area (Å²) in [6.45, 7) is 5.34. The highest BCUT2D eigenvalue weighted by Gasteiger charge is 2.21. The van der Waals surface area contributed by atoms with Crippen LogP contribution in [0.5, 0.6) is 0 Å². The summed E-state index contributed by atoms with van der Waals surface area (Å²) in [5.41, 5.74) is 9.36. The lowest BCUT2D eigenvalue weighted by Gasteiger charge is -2.36. The van der Waals surface area contributed by atoms with Crippen LogP contribution in [0.3, 0.4) is 0 Å². The van der Waals surface area contributed by atoms with Gasteiger partial charge >= 0.3 is 0 Å². The lowest BCUT2D eigenvalue weighted by atomic mass is 10.1. The summed E-state index contributed by atoms with van der Waals surface area (Å²) in [4.78, 5) is 4.67. The predicted octanol–water partition coefficient (Wildman–Crippen LogP) is 2.50. The van der Waals surface area contributed by atoms with Gasteiger partial charge in [-0.15, -0.1) is 0 Å². The molecule has 0 spiro atoms. The van der Waals surface area contributed by atoms with Crippen molar-refractivity contribution in [3.05, 3.63) is 47.4 Å². The van der Waals surface area contributed by atoms with E-state index in [9.17, 15) is 0 Å². The molecule has 0 saturated carbocycles. The van der Waals surface area contributed by atoms with E-state index in [2.05, 4.69) is 47.2 Å². The van der Waals surface area contributed by atoms with Gasteiger partial charge in [-0.1, -0.05) is 12.1 Å². The van der Waals surface area contributed by atoms with Gasteiger partial charge in [-0.25, -0.2) is 0 Å². The van der Waals surface area contributed by atoms with Crippen molar-refractivity contribution in [3.63, 3.8) is 0 Å². The molecule has 20 heavy (non-hydrogen) atoms. The Labute approximate surface area is 119 Å². The van der Waals surface area contributed by atoms with Crippen molar-refractivity contribution in [3.8, 4) is 0 Å². The number of hydrogen-bond acceptors (Lipinski definition) is 4. The van der Waals surface area contributed by atoms with E-state index in [1.165, 1.54) is 11.4 Å². The average Bonchev–Trinajstić information content (AvgIpc) is 2.82. The maximum Gasteiger partial charge on any atom is 0.123 e. The molecule has 4 heteroatoms. The highest BCUT2D eigenvalue weighted by Crippen LogP contribution is 2.33. The zero-order valence-electron chi connectivity index (χ0n) is 12.1. The van der Waals surface area contributed by atoms with Gasteiger partial charge in [0, 0.05) is 32.2 Å². The Bertz CT molecular complexity index is 606. The second-order valence-corrected chi connectivity index (χ2v) is 5.33. The molecule has 2 aromatic rings. The van der Waals surface area contributed by atoms with E-state index in [0.29, 0.717) is 6.54 Å². The molecule has 0 bridgehead atoms. The van der Waals surface area contributed by atoms with Crippen molar-refractivity contribution >= 4 is 11.4 Å². The van der Waals surface area contributed by atoms with Crippen LogP contribution in [0, 0.1) is 6.92 Å². The first-order chi connectivity index (χ1) is 9.69. The van der Waals surface area contributed by atoms with Crippen LogP contribution in [0.1, 0.15) is 17.1 Å². The number of hydrogen-bond donors (Lipinski definition) is 1. The van der Waals surface area contributed by atoms with Crippen molar-refractivity contribution in [2.45, 2.75) is 20.0 Å². The lowest BCUT2D eigenvalue weighted by Crippen LogP contribution is -2.38. The highest BCUT2D eigenvalue weighted by atomic mass is 16.3. The second kappa shape index (κ2) is 5.21. The van der Waals surface area contributed by atoms with Crippen molar-refractivity contribution in [2.24, 2.45) is 5.73 Å². The first kappa shape index (κ1) is 13.1. The number of benzene rings is 1. The van der Waals surface area contributed by atoms with Gasteiger partial charge in [0.05, 0.1) is 17.9 Å². The Kier molecular flexibility index (Phi) is 3.40. The Hall–Kier alpha value is -1.94. The number of para-hydroxylation sites is 2. The van der Waals surface area contributed by atoms with E-state index in [0.717, 1.165) is 36.7 Å². The molecule has 106 valence electrons. The number of nitrogens with zero attached hydrogens (tertiary/aromatic N) is 2. The molecule has 4 nitrogen and oxygen atoms in total. The summed E-state index contributed by atoms with van der Waals surface area (Å²) in [6.07, 6.45) is 0. The van der Waals surface area contributed by atoms with Crippen LogP contribution >= 0.6 is 0 Å². The number of likely N-dealkylation sites (N-methyl/N-ethyl adjacent to an activating group) is 1. The molecule has 0 aliphatic carbocycles.